The van der Waals surface area contributed by atoms with Gasteiger partial charge in [0.05, 0.1) is 6.61 Å². The average Bonchev–Trinajstić information content (AvgIpc) is 2.30. The Labute approximate surface area is 104 Å². The highest BCUT2D eigenvalue weighted by molar-refractivity contribution is 14.1. The number of aliphatic hydroxyl groups excluding tert-OH is 1. The number of anilines is 1. The lowest BCUT2D eigenvalue weighted by atomic mass is 10.2. The molecule has 1 fully saturated rings. The van der Waals surface area contributed by atoms with Crippen LogP contribution in [0.15, 0.2) is 24.3 Å². The Kier molecular flexibility index (Phi) is 3.82. The summed E-state index contributed by atoms with van der Waals surface area (Å²) in [5.41, 5.74) is 1.25. The fourth-order valence-corrected chi connectivity index (χ4v) is 2.19. The maximum atomic E-state index is 9.11. The minimum absolute atomic E-state index is 0.207. The van der Waals surface area contributed by atoms with Gasteiger partial charge in [-0.3, -0.25) is 0 Å². The fourth-order valence-electron chi connectivity index (χ4n) is 1.83. The van der Waals surface area contributed by atoms with E-state index in [2.05, 4.69) is 57.1 Å². The largest absolute Gasteiger partial charge is 0.395 e. The second-order valence-corrected chi connectivity index (χ2v) is 5.00. The molecule has 0 amide bonds. The molecule has 1 aliphatic heterocycles. The summed E-state index contributed by atoms with van der Waals surface area (Å²) < 4.78 is 1.25. The van der Waals surface area contributed by atoms with Crippen LogP contribution in [0.1, 0.15) is 0 Å². The summed E-state index contributed by atoms with van der Waals surface area (Å²) in [6.45, 7) is 3.05. The molecule has 1 aromatic rings. The second kappa shape index (κ2) is 5.14. The Balaban J connectivity index is 2.06. The van der Waals surface area contributed by atoms with Crippen molar-refractivity contribution in [3.05, 3.63) is 27.8 Å². The van der Waals surface area contributed by atoms with Crippen LogP contribution in [0.25, 0.3) is 0 Å². The number of piperazine rings is 1. The van der Waals surface area contributed by atoms with Gasteiger partial charge >= 0.3 is 0 Å². The maximum Gasteiger partial charge on any atom is 0.0601 e. The average molecular weight is 318 g/mol. The van der Waals surface area contributed by atoms with Gasteiger partial charge in [0.15, 0.2) is 0 Å². The number of aliphatic hydroxyl groups is 1. The van der Waals surface area contributed by atoms with Gasteiger partial charge in [0.1, 0.15) is 0 Å². The van der Waals surface area contributed by atoms with Crippen molar-refractivity contribution < 1.29 is 5.11 Å². The molecule has 82 valence electrons. The predicted octanol–water partition coefficient (Wildman–Crippen LogP) is 1.06. The van der Waals surface area contributed by atoms with Crippen LogP contribution in [0.3, 0.4) is 0 Å². The normalized spacial score (nSPS) is 21.7. The van der Waals surface area contributed by atoms with Crippen LogP contribution in [0, 0.1) is 3.57 Å². The first-order valence-electron chi connectivity index (χ1n) is 5.14. The Morgan fingerprint density at radius 3 is 2.80 bits per heavy atom. The van der Waals surface area contributed by atoms with E-state index in [1.54, 1.807) is 0 Å². The van der Waals surface area contributed by atoms with Gasteiger partial charge < -0.3 is 15.3 Å². The van der Waals surface area contributed by atoms with Crippen molar-refractivity contribution in [1.82, 2.24) is 5.32 Å². The highest BCUT2D eigenvalue weighted by Gasteiger charge is 2.18. The van der Waals surface area contributed by atoms with Gasteiger partial charge in [-0.2, -0.15) is 0 Å². The summed E-state index contributed by atoms with van der Waals surface area (Å²) in [6.07, 6.45) is 0. The number of hydrogen-bond acceptors (Lipinski definition) is 3. The van der Waals surface area contributed by atoms with Gasteiger partial charge in [-0.1, -0.05) is 0 Å². The van der Waals surface area contributed by atoms with Crippen LogP contribution < -0.4 is 10.2 Å². The molecule has 15 heavy (non-hydrogen) atoms. The van der Waals surface area contributed by atoms with Crippen molar-refractivity contribution in [1.29, 1.82) is 0 Å². The third-order valence-electron chi connectivity index (χ3n) is 2.67. The number of benzene rings is 1. The van der Waals surface area contributed by atoms with E-state index in [4.69, 9.17) is 5.11 Å². The maximum absolute atomic E-state index is 9.11. The van der Waals surface area contributed by atoms with Crippen LogP contribution in [0.2, 0.25) is 0 Å². The molecule has 1 heterocycles. The van der Waals surface area contributed by atoms with E-state index in [1.165, 1.54) is 9.26 Å². The Morgan fingerprint density at radius 1 is 1.40 bits per heavy atom. The van der Waals surface area contributed by atoms with Crippen molar-refractivity contribution in [2.45, 2.75) is 6.04 Å². The van der Waals surface area contributed by atoms with Crippen LogP contribution in [-0.2, 0) is 0 Å². The Morgan fingerprint density at radius 2 is 2.13 bits per heavy atom. The number of nitrogens with one attached hydrogen (secondary N) is 1. The van der Waals surface area contributed by atoms with Crippen molar-refractivity contribution in [2.75, 3.05) is 31.1 Å². The number of rotatable bonds is 2. The highest BCUT2D eigenvalue weighted by Crippen LogP contribution is 2.17. The lowest BCUT2D eigenvalue weighted by Gasteiger charge is -2.34. The molecule has 0 unspecified atom stereocenters. The van der Waals surface area contributed by atoms with Gasteiger partial charge in [-0.25, -0.2) is 0 Å². The van der Waals surface area contributed by atoms with E-state index in [9.17, 15) is 0 Å². The smallest absolute Gasteiger partial charge is 0.0601 e. The molecule has 1 aromatic carbocycles. The lowest BCUT2D eigenvalue weighted by Crippen LogP contribution is -2.52. The summed E-state index contributed by atoms with van der Waals surface area (Å²) in [5, 5.41) is 12.4. The molecule has 0 radical (unpaired) electrons. The molecule has 0 aromatic heterocycles. The summed E-state index contributed by atoms with van der Waals surface area (Å²) >= 11 is 2.31. The van der Waals surface area contributed by atoms with Gasteiger partial charge in [0, 0.05) is 34.9 Å². The topological polar surface area (TPSA) is 35.5 Å². The predicted molar refractivity (Wildman–Crippen MR) is 70.2 cm³/mol. The van der Waals surface area contributed by atoms with Gasteiger partial charge in [-0.05, 0) is 46.9 Å². The second-order valence-electron chi connectivity index (χ2n) is 3.76. The van der Waals surface area contributed by atoms with E-state index in [0.717, 1.165) is 19.6 Å². The van der Waals surface area contributed by atoms with Crippen LogP contribution in [0.5, 0.6) is 0 Å². The number of halogens is 1. The fraction of sp³-hybridized carbons (Fsp3) is 0.455. The molecular formula is C11H15IN2O. The molecule has 1 aliphatic rings. The van der Waals surface area contributed by atoms with Crippen molar-refractivity contribution >= 4 is 28.3 Å². The molecule has 0 spiro atoms. The summed E-state index contributed by atoms with van der Waals surface area (Å²) in [6, 6.07) is 8.72. The zero-order valence-electron chi connectivity index (χ0n) is 8.49. The lowest BCUT2D eigenvalue weighted by molar-refractivity contribution is 0.235. The van der Waals surface area contributed by atoms with Crippen molar-refractivity contribution in [3.63, 3.8) is 0 Å². The molecule has 0 saturated carbocycles. The zero-order valence-corrected chi connectivity index (χ0v) is 10.6. The van der Waals surface area contributed by atoms with Crippen molar-refractivity contribution in [3.8, 4) is 0 Å². The highest BCUT2D eigenvalue weighted by atomic mass is 127. The molecule has 3 nitrogen and oxygen atoms in total. The molecular weight excluding hydrogens is 303 g/mol. The molecule has 4 heteroatoms. The standard InChI is InChI=1S/C11H15IN2O/c12-9-1-3-11(4-2-9)14-6-5-13-10(7-14)8-15/h1-4,10,13,15H,5-8H2/t10-/m0/s1. The van der Waals surface area contributed by atoms with Gasteiger partial charge in [0.2, 0.25) is 0 Å². The third kappa shape index (κ3) is 2.83. The van der Waals surface area contributed by atoms with E-state index >= 15 is 0 Å². The third-order valence-corrected chi connectivity index (χ3v) is 3.39. The minimum atomic E-state index is 0.207. The number of hydrogen-bond donors (Lipinski definition) is 2. The molecule has 2 rings (SSSR count). The van der Waals surface area contributed by atoms with Crippen molar-refractivity contribution in [2.24, 2.45) is 0 Å². The van der Waals surface area contributed by atoms with E-state index in [-0.39, 0.29) is 12.6 Å². The first-order chi connectivity index (χ1) is 7.29. The quantitative estimate of drug-likeness (QED) is 0.801. The van der Waals surface area contributed by atoms with Crippen LogP contribution >= 0.6 is 22.6 Å². The molecule has 1 atom stereocenters. The monoisotopic (exact) mass is 318 g/mol. The minimum Gasteiger partial charge on any atom is -0.395 e. The van der Waals surface area contributed by atoms with Gasteiger partial charge in [-0.15, -0.1) is 0 Å². The molecule has 2 N–H and O–H groups in total. The summed E-state index contributed by atoms with van der Waals surface area (Å²) in [4.78, 5) is 2.31. The van der Waals surface area contributed by atoms with E-state index < -0.39 is 0 Å². The van der Waals surface area contributed by atoms with Crippen LogP contribution in [-0.4, -0.2) is 37.4 Å². The Hall–Kier alpha value is -0.330. The van der Waals surface area contributed by atoms with E-state index in [0.29, 0.717) is 0 Å². The first-order valence-corrected chi connectivity index (χ1v) is 6.22. The summed E-state index contributed by atoms with van der Waals surface area (Å²) in [7, 11) is 0. The molecule has 1 saturated heterocycles. The SMILES string of the molecule is OC[C@@H]1CN(c2ccc(I)cc2)CCN1. The molecule has 0 aliphatic carbocycles. The Bertz CT molecular complexity index is 315. The first kappa shape index (κ1) is 11.2. The molecule has 0 bridgehead atoms. The summed E-state index contributed by atoms with van der Waals surface area (Å²) in [5.74, 6) is 0. The number of nitrogens with zero attached hydrogens (tertiary/aromatic N) is 1. The van der Waals surface area contributed by atoms with Crippen LogP contribution in [0.4, 0.5) is 5.69 Å². The zero-order chi connectivity index (χ0) is 10.7. The van der Waals surface area contributed by atoms with E-state index in [1.807, 2.05) is 0 Å². The van der Waals surface area contributed by atoms with Gasteiger partial charge in [0.25, 0.3) is 0 Å².